The monoisotopic (exact) mass is 550 g/mol. The molecule has 8 nitrogen and oxygen atoms in total. The van der Waals surface area contributed by atoms with Crippen molar-refractivity contribution in [1.29, 1.82) is 0 Å². The number of nitrogens with one attached hydrogen (secondary N) is 2. The molecule has 36 heavy (non-hydrogen) atoms. The molecule has 0 radical (unpaired) electrons. The van der Waals surface area contributed by atoms with Gasteiger partial charge in [-0.3, -0.25) is 18.7 Å². The number of rotatable bonds is 10. The second-order valence-electron chi connectivity index (χ2n) is 8.34. The summed E-state index contributed by atoms with van der Waals surface area (Å²) in [6, 6.07) is 20.4. The van der Waals surface area contributed by atoms with Crippen LogP contribution in [-0.4, -0.2) is 35.3 Å². The van der Waals surface area contributed by atoms with Gasteiger partial charge in [-0.2, -0.15) is 0 Å². The van der Waals surface area contributed by atoms with Gasteiger partial charge in [0.2, 0.25) is 0 Å². The first-order chi connectivity index (χ1) is 17.4. The quantitative estimate of drug-likeness (QED) is 0.226. The summed E-state index contributed by atoms with van der Waals surface area (Å²) in [5, 5.41) is 6.91. The van der Waals surface area contributed by atoms with Gasteiger partial charge in [0.15, 0.2) is 5.78 Å². The van der Waals surface area contributed by atoms with Crippen LogP contribution in [-0.2, 0) is 17.8 Å². The van der Waals surface area contributed by atoms with E-state index in [2.05, 4.69) is 26.6 Å². The molecule has 4 aromatic rings. The minimum atomic E-state index is -0.375. The Morgan fingerprint density at radius 2 is 1.67 bits per heavy atom. The Kier molecular flexibility index (Phi) is 8.02. The number of halogens is 1. The van der Waals surface area contributed by atoms with Gasteiger partial charge < -0.3 is 15.4 Å². The molecule has 0 saturated carbocycles. The van der Waals surface area contributed by atoms with Crippen LogP contribution in [0, 0.1) is 0 Å². The lowest BCUT2D eigenvalue weighted by Gasteiger charge is -2.16. The second-order valence-corrected chi connectivity index (χ2v) is 9.26. The van der Waals surface area contributed by atoms with Gasteiger partial charge in [-0.25, -0.2) is 4.79 Å². The van der Waals surface area contributed by atoms with Gasteiger partial charge in [-0.05, 0) is 55.0 Å². The van der Waals surface area contributed by atoms with Gasteiger partial charge >= 0.3 is 5.69 Å². The number of methoxy groups -OCH3 is 1. The molecular formula is C27H27BrN4O4. The van der Waals surface area contributed by atoms with Crippen molar-refractivity contribution in [3.05, 3.63) is 103 Å². The first-order valence-corrected chi connectivity index (χ1v) is 12.3. The van der Waals surface area contributed by atoms with Crippen molar-refractivity contribution < 1.29 is 9.53 Å². The molecule has 1 heterocycles. The number of hydrogen-bond donors (Lipinski definition) is 2. The van der Waals surface area contributed by atoms with E-state index in [9.17, 15) is 14.4 Å². The number of hydrogen-bond acceptors (Lipinski definition) is 6. The second kappa shape index (κ2) is 11.4. The minimum absolute atomic E-state index is 0.0000692. The molecule has 9 heteroatoms. The highest BCUT2D eigenvalue weighted by Gasteiger charge is 2.14. The maximum atomic E-state index is 13.3. The Morgan fingerprint density at radius 3 is 2.36 bits per heavy atom. The summed E-state index contributed by atoms with van der Waals surface area (Å²) in [4.78, 5) is 38.2. The molecule has 0 fully saturated rings. The van der Waals surface area contributed by atoms with Crippen LogP contribution in [0.5, 0.6) is 0 Å². The number of anilines is 2. The molecule has 0 aliphatic carbocycles. The number of fused-ring (bicyclic) bond motifs is 1. The van der Waals surface area contributed by atoms with Crippen LogP contribution in [0.2, 0.25) is 0 Å². The molecule has 0 aliphatic rings. The first-order valence-electron chi connectivity index (χ1n) is 11.5. The molecule has 0 saturated heterocycles. The van der Waals surface area contributed by atoms with E-state index in [1.54, 1.807) is 28.8 Å². The first kappa shape index (κ1) is 25.4. The van der Waals surface area contributed by atoms with Crippen molar-refractivity contribution in [1.82, 2.24) is 9.13 Å². The Morgan fingerprint density at radius 1 is 0.944 bits per heavy atom. The molecule has 0 aliphatic heterocycles. The van der Waals surface area contributed by atoms with Gasteiger partial charge in [0.05, 0.1) is 37.3 Å². The van der Waals surface area contributed by atoms with Crippen molar-refractivity contribution >= 4 is 44.0 Å². The van der Waals surface area contributed by atoms with Crippen molar-refractivity contribution in [2.75, 3.05) is 31.0 Å². The minimum Gasteiger partial charge on any atom is -0.383 e. The third-order valence-electron chi connectivity index (χ3n) is 5.85. The van der Waals surface area contributed by atoms with Crippen LogP contribution in [0.1, 0.15) is 22.8 Å². The topological polar surface area (TPSA) is 94.4 Å². The highest BCUT2D eigenvalue weighted by atomic mass is 79.9. The molecule has 0 bridgehead atoms. The fraction of sp³-hybridized carbons (Fsp3) is 0.222. The standard InChI is InChI=1S/C27H27BrN4O4/c1-18(33)20-4-3-5-22(14-20)29-17-30-23-10-11-25-24(15-23)26(34)31(12-13-36-2)27(35)32(25)16-19-6-8-21(28)9-7-19/h3-11,14-15,29-30H,12-13,16-17H2,1-2H3. The molecule has 186 valence electrons. The highest BCUT2D eigenvalue weighted by Crippen LogP contribution is 2.18. The van der Waals surface area contributed by atoms with Crippen LogP contribution in [0.15, 0.2) is 80.8 Å². The van der Waals surface area contributed by atoms with E-state index in [0.717, 1.165) is 21.4 Å². The van der Waals surface area contributed by atoms with Gasteiger partial charge in [0.25, 0.3) is 5.56 Å². The average molecular weight is 551 g/mol. The Hall–Kier alpha value is -3.69. The van der Waals surface area contributed by atoms with Crippen LogP contribution in [0.25, 0.3) is 10.9 Å². The van der Waals surface area contributed by atoms with E-state index in [-0.39, 0.29) is 30.2 Å². The number of ketones is 1. The zero-order valence-electron chi connectivity index (χ0n) is 20.1. The largest absolute Gasteiger partial charge is 0.383 e. The molecule has 0 unspecified atom stereocenters. The number of carbonyl (C=O) groups excluding carboxylic acids is 1. The normalized spacial score (nSPS) is 11.0. The molecule has 4 rings (SSSR count). The fourth-order valence-corrected chi connectivity index (χ4v) is 4.20. The molecule has 3 aromatic carbocycles. The summed E-state index contributed by atoms with van der Waals surface area (Å²) >= 11 is 3.43. The summed E-state index contributed by atoms with van der Waals surface area (Å²) in [5.41, 5.74) is 2.94. The van der Waals surface area contributed by atoms with Crippen LogP contribution < -0.4 is 21.9 Å². The third-order valence-corrected chi connectivity index (χ3v) is 6.38. The van der Waals surface area contributed by atoms with Crippen molar-refractivity contribution in [2.45, 2.75) is 20.0 Å². The van der Waals surface area contributed by atoms with E-state index >= 15 is 0 Å². The zero-order chi connectivity index (χ0) is 25.7. The summed E-state index contributed by atoms with van der Waals surface area (Å²) in [6.45, 7) is 2.65. The van der Waals surface area contributed by atoms with Crippen molar-refractivity contribution in [3.8, 4) is 0 Å². The lowest BCUT2D eigenvalue weighted by molar-refractivity contribution is 0.101. The maximum absolute atomic E-state index is 13.3. The summed E-state index contributed by atoms with van der Waals surface area (Å²) in [6.07, 6.45) is 0. The Labute approximate surface area is 216 Å². The van der Waals surface area contributed by atoms with E-state index in [4.69, 9.17) is 4.74 Å². The number of ether oxygens (including phenoxy) is 1. The molecular weight excluding hydrogens is 524 g/mol. The van der Waals surface area contributed by atoms with Gasteiger partial charge in [0.1, 0.15) is 0 Å². The van der Waals surface area contributed by atoms with Crippen LogP contribution in [0.4, 0.5) is 11.4 Å². The molecule has 0 atom stereocenters. The third kappa shape index (κ3) is 5.75. The van der Waals surface area contributed by atoms with E-state index in [0.29, 0.717) is 29.7 Å². The summed E-state index contributed by atoms with van der Waals surface area (Å²) in [7, 11) is 1.54. The highest BCUT2D eigenvalue weighted by molar-refractivity contribution is 9.10. The van der Waals surface area contributed by atoms with Gasteiger partial charge in [-0.1, -0.05) is 40.2 Å². The fourth-order valence-electron chi connectivity index (χ4n) is 3.94. The zero-order valence-corrected chi connectivity index (χ0v) is 21.7. The number of Topliss-reactive ketones (excluding diaryl/α,β-unsaturated/α-hetero) is 1. The Balaban J connectivity index is 1.65. The number of benzene rings is 3. The Bertz CT molecular complexity index is 1510. The average Bonchev–Trinajstić information content (AvgIpc) is 2.88. The predicted molar refractivity (Wildman–Crippen MR) is 146 cm³/mol. The number of aromatic nitrogens is 2. The maximum Gasteiger partial charge on any atom is 0.331 e. The van der Waals surface area contributed by atoms with E-state index in [1.807, 2.05) is 42.5 Å². The van der Waals surface area contributed by atoms with Crippen molar-refractivity contribution in [3.63, 3.8) is 0 Å². The smallest absolute Gasteiger partial charge is 0.331 e. The summed E-state index contributed by atoms with van der Waals surface area (Å²) < 4.78 is 8.91. The van der Waals surface area contributed by atoms with Crippen LogP contribution in [0.3, 0.4) is 0 Å². The summed E-state index contributed by atoms with van der Waals surface area (Å²) in [5.74, 6) is 0.0000692. The van der Waals surface area contributed by atoms with Crippen molar-refractivity contribution in [2.24, 2.45) is 0 Å². The predicted octanol–water partition coefficient (Wildman–Crippen LogP) is 4.30. The van der Waals surface area contributed by atoms with E-state index in [1.165, 1.54) is 18.6 Å². The van der Waals surface area contributed by atoms with Gasteiger partial charge in [-0.15, -0.1) is 0 Å². The lowest BCUT2D eigenvalue weighted by atomic mass is 10.1. The lowest BCUT2D eigenvalue weighted by Crippen LogP contribution is -2.41. The molecule has 0 spiro atoms. The van der Waals surface area contributed by atoms with Gasteiger partial charge in [0, 0.05) is 28.5 Å². The molecule has 1 aromatic heterocycles. The van der Waals surface area contributed by atoms with E-state index < -0.39 is 0 Å². The van der Waals surface area contributed by atoms with Crippen LogP contribution >= 0.6 is 15.9 Å². The molecule has 2 N–H and O–H groups in total. The number of carbonyl (C=O) groups is 1. The SMILES string of the molecule is COCCn1c(=O)c2cc(NCNc3cccc(C(C)=O)c3)ccc2n(Cc2ccc(Br)cc2)c1=O. The number of nitrogens with zero attached hydrogens (tertiary/aromatic N) is 2. The molecule has 0 amide bonds.